The molecule has 1 N–H and O–H groups in total. The second-order valence-corrected chi connectivity index (χ2v) is 6.05. The highest BCUT2D eigenvalue weighted by Gasteiger charge is 2.26. The van der Waals surface area contributed by atoms with Gasteiger partial charge in [-0.25, -0.2) is 4.68 Å². The highest BCUT2D eigenvalue weighted by molar-refractivity contribution is 6.07. The van der Waals surface area contributed by atoms with Gasteiger partial charge in [0.25, 0.3) is 11.6 Å². The van der Waals surface area contributed by atoms with Crippen molar-refractivity contribution < 1.29 is 28.0 Å². The number of nitrogens with zero attached hydrogens (tertiary/aromatic N) is 3. The van der Waals surface area contributed by atoms with Crippen LogP contribution in [0.1, 0.15) is 15.9 Å². The van der Waals surface area contributed by atoms with Gasteiger partial charge in [0.05, 0.1) is 23.8 Å². The van der Waals surface area contributed by atoms with Gasteiger partial charge in [0.15, 0.2) is 17.3 Å². The molecule has 3 rings (SSSR count). The number of anilines is 1. The lowest BCUT2D eigenvalue weighted by Gasteiger charge is -2.12. The van der Waals surface area contributed by atoms with Gasteiger partial charge in [-0.2, -0.15) is 8.78 Å². The summed E-state index contributed by atoms with van der Waals surface area (Å²) in [5, 5.41) is 18.2. The van der Waals surface area contributed by atoms with E-state index in [-0.39, 0.29) is 11.6 Å². The molecule has 0 aliphatic heterocycles. The number of hydrogen-bond donors (Lipinski definition) is 1. The zero-order valence-corrected chi connectivity index (χ0v) is 15.8. The van der Waals surface area contributed by atoms with E-state index in [4.69, 9.17) is 4.74 Å². The molecular formula is C19H16F2N4O5. The average molecular weight is 418 g/mol. The number of aromatic nitrogens is 2. The first-order valence-corrected chi connectivity index (χ1v) is 8.54. The van der Waals surface area contributed by atoms with Gasteiger partial charge in [0, 0.05) is 17.8 Å². The van der Waals surface area contributed by atoms with Crippen LogP contribution in [0.5, 0.6) is 11.5 Å². The fourth-order valence-corrected chi connectivity index (χ4v) is 2.70. The molecule has 11 heteroatoms. The van der Waals surface area contributed by atoms with Crippen LogP contribution < -0.4 is 14.8 Å². The Morgan fingerprint density at radius 3 is 2.53 bits per heavy atom. The summed E-state index contributed by atoms with van der Waals surface area (Å²) in [6.07, 6.45) is 1.68. The van der Waals surface area contributed by atoms with Crippen molar-refractivity contribution in [2.75, 3.05) is 12.4 Å². The van der Waals surface area contributed by atoms with E-state index in [0.717, 1.165) is 24.9 Å². The van der Waals surface area contributed by atoms with Crippen LogP contribution in [0, 0.1) is 17.0 Å². The van der Waals surface area contributed by atoms with E-state index in [9.17, 15) is 23.7 Å². The quantitative estimate of drug-likeness (QED) is 0.460. The number of rotatable bonds is 7. The highest BCUT2D eigenvalue weighted by atomic mass is 19.3. The Balaban J connectivity index is 1.95. The maximum Gasteiger partial charge on any atom is 0.387 e. The number of alkyl halides is 2. The third kappa shape index (κ3) is 4.35. The first kappa shape index (κ1) is 20.7. The number of benzene rings is 2. The first-order chi connectivity index (χ1) is 14.3. The third-order valence-electron chi connectivity index (χ3n) is 4.09. The smallest absolute Gasteiger partial charge is 0.387 e. The molecule has 0 atom stereocenters. The van der Waals surface area contributed by atoms with E-state index in [2.05, 4.69) is 15.2 Å². The zero-order chi connectivity index (χ0) is 21.8. The van der Waals surface area contributed by atoms with Gasteiger partial charge < -0.3 is 14.8 Å². The Morgan fingerprint density at radius 2 is 1.93 bits per heavy atom. The first-order valence-electron chi connectivity index (χ1n) is 8.54. The maximum atomic E-state index is 12.7. The molecule has 3 aromatic rings. The third-order valence-corrected chi connectivity index (χ3v) is 4.09. The standard InChI is InChI=1S/C19H16F2N4O5/c1-11-10-24(12-6-4-3-5-7-12)23-17(11)22-18(26)13-8-15(29-2)16(30-19(20)21)9-14(13)25(27)28/h3-10,19H,1-2H3,(H,22,23,26). The largest absolute Gasteiger partial charge is 0.493 e. The van der Waals surface area contributed by atoms with Crippen molar-refractivity contribution >= 4 is 17.4 Å². The van der Waals surface area contributed by atoms with E-state index in [1.807, 2.05) is 30.3 Å². The van der Waals surface area contributed by atoms with Crippen molar-refractivity contribution in [3.05, 3.63) is 69.9 Å². The minimum absolute atomic E-state index is 0.185. The van der Waals surface area contributed by atoms with Crippen LogP contribution >= 0.6 is 0 Å². The molecule has 1 heterocycles. The van der Waals surface area contributed by atoms with Gasteiger partial charge in [-0.3, -0.25) is 14.9 Å². The number of nitrogens with one attached hydrogen (secondary N) is 1. The Morgan fingerprint density at radius 1 is 1.23 bits per heavy atom. The van der Waals surface area contributed by atoms with Crippen molar-refractivity contribution in [2.24, 2.45) is 0 Å². The summed E-state index contributed by atoms with van der Waals surface area (Å²) in [5.74, 6) is -1.48. The van der Waals surface area contributed by atoms with Crippen LogP contribution in [0.2, 0.25) is 0 Å². The van der Waals surface area contributed by atoms with Crippen molar-refractivity contribution in [1.29, 1.82) is 0 Å². The molecule has 2 aromatic carbocycles. The summed E-state index contributed by atoms with van der Waals surface area (Å²) >= 11 is 0. The van der Waals surface area contributed by atoms with E-state index in [0.29, 0.717) is 5.56 Å². The number of para-hydroxylation sites is 1. The molecule has 0 radical (unpaired) electrons. The minimum Gasteiger partial charge on any atom is -0.493 e. The summed E-state index contributed by atoms with van der Waals surface area (Å²) in [4.78, 5) is 23.3. The SMILES string of the molecule is COc1cc(C(=O)Nc2nn(-c3ccccc3)cc2C)c([N+](=O)[O-])cc1OC(F)F. The van der Waals surface area contributed by atoms with Gasteiger partial charge in [-0.05, 0) is 19.1 Å². The van der Waals surface area contributed by atoms with Gasteiger partial charge in [0.1, 0.15) is 5.56 Å². The topological polar surface area (TPSA) is 109 Å². The molecular weight excluding hydrogens is 402 g/mol. The van der Waals surface area contributed by atoms with Crippen LogP contribution in [0.4, 0.5) is 20.3 Å². The number of nitro benzene ring substituents is 1. The lowest BCUT2D eigenvalue weighted by Crippen LogP contribution is -2.16. The number of aryl methyl sites for hydroxylation is 1. The molecule has 1 aromatic heterocycles. The minimum atomic E-state index is -3.22. The molecule has 9 nitrogen and oxygen atoms in total. The summed E-state index contributed by atoms with van der Waals surface area (Å²) in [7, 11) is 1.16. The highest BCUT2D eigenvalue weighted by Crippen LogP contribution is 2.36. The number of ether oxygens (including phenoxy) is 2. The number of methoxy groups -OCH3 is 1. The van der Waals surface area contributed by atoms with Gasteiger partial charge in [-0.1, -0.05) is 18.2 Å². The summed E-state index contributed by atoms with van der Waals surface area (Å²) in [5.41, 5.74) is 0.248. The lowest BCUT2D eigenvalue weighted by atomic mass is 10.1. The number of carbonyl (C=O) groups is 1. The predicted molar refractivity (Wildman–Crippen MR) is 103 cm³/mol. The monoisotopic (exact) mass is 418 g/mol. The molecule has 0 bridgehead atoms. The molecule has 30 heavy (non-hydrogen) atoms. The van der Waals surface area contributed by atoms with Gasteiger partial charge in [-0.15, -0.1) is 5.10 Å². The summed E-state index contributed by atoms with van der Waals surface area (Å²) in [6, 6.07) is 10.8. The van der Waals surface area contributed by atoms with Crippen molar-refractivity contribution in [3.63, 3.8) is 0 Å². The molecule has 0 aliphatic carbocycles. The van der Waals surface area contributed by atoms with Crippen molar-refractivity contribution in [1.82, 2.24) is 9.78 Å². The Kier molecular flexibility index (Phi) is 5.90. The fraction of sp³-hybridized carbons (Fsp3) is 0.158. The second kappa shape index (κ2) is 8.55. The van der Waals surface area contributed by atoms with Crippen LogP contribution in [0.3, 0.4) is 0 Å². The number of amides is 1. The average Bonchev–Trinajstić information content (AvgIpc) is 3.08. The van der Waals surface area contributed by atoms with Gasteiger partial charge >= 0.3 is 6.61 Å². The van der Waals surface area contributed by atoms with E-state index in [1.54, 1.807) is 17.8 Å². The van der Waals surface area contributed by atoms with Crippen molar-refractivity contribution in [3.8, 4) is 17.2 Å². The Labute approximate surface area is 169 Å². The Hall–Kier alpha value is -4.02. The maximum absolute atomic E-state index is 12.7. The van der Waals surface area contributed by atoms with Crippen LogP contribution in [0.15, 0.2) is 48.7 Å². The fourth-order valence-electron chi connectivity index (χ4n) is 2.70. The van der Waals surface area contributed by atoms with Gasteiger partial charge in [0.2, 0.25) is 0 Å². The molecule has 0 fully saturated rings. The van der Waals surface area contributed by atoms with Crippen LogP contribution in [0.25, 0.3) is 5.69 Å². The van der Waals surface area contributed by atoms with Crippen LogP contribution in [-0.4, -0.2) is 34.3 Å². The molecule has 0 spiro atoms. The molecule has 1 amide bonds. The summed E-state index contributed by atoms with van der Waals surface area (Å²) in [6.45, 7) is -1.51. The molecule has 0 saturated heterocycles. The summed E-state index contributed by atoms with van der Waals surface area (Å²) < 4.78 is 35.8. The number of nitro groups is 1. The zero-order valence-electron chi connectivity index (χ0n) is 15.8. The Bertz CT molecular complexity index is 1090. The molecule has 0 unspecified atom stereocenters. The predicted octanol–water partition coefficient (Wildman–Crippen LogP) is 3.95. The number of carbonyl (C=O) groups excluding carboxylic acids is 1. The van der Waals surface area contributed by atoms with Crippen LogP contribution in [-0.2, 0) is 0 Å². The lowest BCUT2D eigenvalue weighted by molar-refractivity contribution is -0.385. The molecule has 0 aliphatic rings. The number of hydrogen-bond acceptors (Lipinski definition) is 6. The molecule has 156 valence electrons. The number of halogens is 2. The van der Waals surface area contributed by atoms with E-state index < -0.39 is 34.4 Å². The second-order valence-electron chi connectivity index (χ2n) is 6.05. The normalized spacial score (nSPS) is 10.7. The molecule has 0 saturated carbocycles. The van der Waals surface area contributed by atoms with E-state index in [1.165, 1.54) is 0 Å². The van der Waals surface area contributed by atoms with E-state index >= 15 is 0 Å². The van der Waals surface area contributed by atoms with Crippen molar-refractivity contribution in [2.45, 2.75) is 13.5 Å².